The van der Waals surface area contributed by atoms with E-state index in [1.807, 2.05) is 18.2 Å². The van der Waals surface area contributed by atoms with Crippen LogP contribution < -0.4 is 9.64 Å². The van der Waals surface area contributed by atoms with Crippen molar-refractivity contribution in [2.75, 3.05) is 51.3 Å². The number of carbonyl (C=O) groups excluding carboxylic acids is 2. The second-order valence-corrected chi connectivity index (χ2v) is 8.02. The molecule has 0 aromatic heterocycles. The summed E-state index contributed by atoms with van der Waals surface area (Å²) in [7, 11) is 1.70. The van der Waals surface area contributed by atoms with E-state index < -0.39 is 0 Å². The molecule has 0 N–H and O–H groups in total. The standard InChI is InChI=1S/C21H29N3O3/c1-27-18-7-3-2-6-17(18)23-13-10-22(11-14-23)12-15-24-19(25)16-21(20(24)26)8-4-5-9-21/h2-3,6-7H,4-5,8-16H2,1H3. The van der Waals surface area contributed by atoms with Crippen molar-refractivity contribution in [3.8, 4) is 5.75 Å². The number of anilines is 1. The van der Waals surface area contributed by atoms with Crippen molar-refractivity contribution in [1.29, 1.82) is 0 Å². The van der Waals surface area contributed by atoms with Crippen LogP contribution >= 0.6 is 0 Å². The van der Waals surface area contributed by atoms with Gasteiger partial charge in [-0.2, -0.15) is 0 Å². The number of benzene rings is 1. The van der Waals surface area contributed by atoms with E-state index in [1.54, 1.807) is 7.11 Å². The summed E-state index contributed by atoms with van der Waals surface area (Å²) in [4.78, 5) is 31.4. The molecule has 0 atom stereocenters. The van der Waals surface area contributed by atoms with Crippen LogP contribution in [-0.4, -0.2) is 68.0 Å². The molecule has 0 bridgehead atoms. The molecule has 6 heteroatoms. The van der Waals surface area contributed by atoms with Gasteiger partial charge in [-0.3, -0.25) is 19.4 Å². The monoisotopic (exact) mass is 371 g/mol. The summed E-state index contributed by atoms with van der Waals surface area (Å²) in [6.45, 7) is 5.01. The van der Waals surface area contributed by atoms with Gasteiger partial charge in [-0.1, -0.05) is 25.0 Å². The topological polar surface area (TPSA) is 53.1 Å². The maximum atomic E-state index is 12.8. The first kappa shape index (κ1) is 18.3. The Labute approximate surface area is 161 Å². The molecule has 1 aromatic carbocycles. The third-order valence-corrected chi connectivity index (χ3v) is 6.49. The van der Waals surface area contributed by atoms with Gasteiger partial charge in [0.05, 0.1) is 18.2 Å². The lowest BCUT2D eigenvalue weighted by molar-refractivity contribution is -0.141. The lowest BCUT2D eigenvalue weighted by Gasteiger charge is -2.37. The van der Waals surface area contributed by atoms with E-state index in [9.17, 15) is 9.59 Å². The Balaban J connectivity index is 1.30. The quantitative estimate of drug-likeness (QED) is 0.743. The van der Waals surface area contributed by atoms with E-state index in [0.717, 1.165) is 69.8 Å². The molecule has 3 aliphatic rings. The van der Waals surface area contributed by atoms with Crippen molar-refractivity contribution < 1.29 is 14.3 Å². The maximum Gasteiger partial charge on any atom is 0.235 e. The average molecular weight is 371 g/mol. The van der Waals surface area contributed by atoms with Crippen LogP contribution in [0.2, 0.25) is 0 Å². The number of nitrogens with zero attached hydrogens (tertiary/aromatic N) is 3. The fourth-order valence-electron chi connectivity index (χ4n) is 4.87. The number of rotatable bonds is 5. The molecular weight excluding hydrogens is 342 g/mol. The van der Waals surface area contributed by atoms with E-state index in [2.05, 4.69) is 15.9 Å². The van der Waals surface area contributed by atoms with Crippen molar-refractivity contribution in [1.82, 2.24) is 9.80 Å². The smallest absolute Gasteiger partial charge is 0.235 e. The largest absolute Gasteiger partial charge is 0.495 e. The van der Waals surface area contributed by atoms with Crippen LogP contribution in [0, 0.1) is 5.41 Å². The normalized spacial score (nSPS) is 22.9. The molecule has 27 heavy (non-hydrogen) atoms. The Morgan fingerprint density at radius 1 is 1.00 bits per heavy atom. The van der Waals surface area contributed by atoms with Crippen molar-refractivity contribution in [2.45, 2.75) is 32.1 Å². The number of hydrogen-bond donors (Lipinski definition) is 0. The van der Waals surface area contributed by atoms with Crippen LogP contribution in [0.1, 0.15) is 32.1 Å². The predicted octanol–water partition coefficient (Wildman–Crippen LogP) is 2.14. The molecule has 2 amide bonds. The van der Waals surface area contributed by atoms with E-state index in [-0.39, 0.29) is 17.2 Å². The number of likely N-dealkylation sites (tertiary alicyclic amines) is 1. The first-order valence-electron chi connectivity index (χ1n) is 10.1. The molecule has 1 aromatic rings. The van der Waals surface area contributed by atoms with Crippen LogP contribution in [0.5, 0.6) is 5.75 Å². The van der Waals surface area contributed by atoms with E-state index in [1.165, 1.54) is 4.90 Å². The van der Waals surface area contributed by atoms with Crippen molar-refractivity contribution >= 4 is 17.5 Å². The first-order valence-corrected chi connectivity index (χ1v) is 10.1. The summed E-state index contributed by atoms with van der Waals surface area (Å²) in [5, 5.41) is 0. The highest BCUT2D eigenvalue weighted by Gasteiger charge is 2.52. The minimum atomic E-state index is -0.348. The molecule has 0 unspecified atom stereocenters. The highest BCUT2D eigenvalue weighted by molar-refractivity contribution is 6.06. The molecule has 146 valence electrons. The van der Waals surface area contributed by atoms with E-state index >= 15 is 0 Å². The summed E-state index contributed by atoms with van der Waals surface area (Å²) in [5.74, 6) is 1.04. The summed E-state index contributed by atoms with van der Waals surface area (Å²) in [6.07, 6.45) is 4.39. The lowest BCUT2D eigenvalue weighted by Crippen LogP contribution is -2.49. The van der Waals surface area contributed by atoms with Gasteiger partial charge in [-0.25, -0.2) is 0 Å². The Morgan fingerprint density at radius 2 is 1.70 bits per heavy atom. The van der Waals surface area contributed by atoms with E-state index in [4.69, 9.17) is 4.74 Å². The molecule has 1 saturated carbocycles. The third kappa shape index (κ3) is 3.43. The van der Waals surface area contributed by atoms with Gasteiger partial charge in [0, 0.05) is 45.7 Å². The molecule has 6 nitrogen and oxygen atoms in total. The number of methoxy groups -OCH3 is 1. The highest BCUT2D eigenvalue weighted by Crippen LogP contribution is 2.46. The number of hydrogen-bond acceptors (Lipinski definition) is 5. The zero-order valence-corrected chi connectivity index (χ0v) is 16.2. The minimum Gasteiger partial charge on any atom is -0.495 e. The lowest BCUT2D eigenvalue weighted by atomic mass is 9.84. The van der Waals surface area contributed by atoms with E-state index in [0.29, 0.717) is 13.0 Å². The number of imide groups is 1. The number of ether oxygens (including phenoxy) is 1. The van der Waals surface area contributed by atoms with Gasteiger partial charge in [0.1, 0.15) is 5.75 Å². The van der Waals surface area contributed by atoms with Gasteiger partial charge in [0.15, 0.2) is 0 Å². The molecule has 2 saturated heterocycles. The molecule has 2 heterocycles. The molecule has 1 spiro atoms. The van der Waals surface area contributed by atoms with Gasteiger partial charge in [-0.05, 0) is 25.0 Å². The number of amides is 2. The van der Waals surface area contributed by atoms with Crippen LogP contribution in [-0.2, 0) is 9.59 Å². The average Bonchev–Trinajstić information content (AvgIpc) is 3.26. The van der Waals surface area contributed by atoms with Crippen molar-refractivity contribution in [2.24, 2.45) is 5.41 Å². The van der Waals surface area contributed by atoms with Crippen LogP contribution in [0.3, 0.4) is 0 Å². The summed E-state index contributed by atoms with van der Waals surface area (Å²) < 4.78 is 5.47. The fourth-order valence-corrected chi connectivity index (χ4v) is 4.87. The Morgan fingerprint density at radius 3 is 2.41 bits per heavy atom. The third-order valence-electron chi connectivity index (χ3n) is 6.49. The van der Waals surface area contributed by atoms with Gasteiger partial charge >= 0.3 is 0 Å². The maximum absolute atomic E-state index is 12.8. The predicted molar refractivity (Wildman–Crippen MR) is 104 cm³/mol. The fraction of sp³-hybridized carbons (Fsp3) is 0.619. The van der Waals surface area contributed by atoms with Crippen LogP contribution in [0.25, 0.3) is 0 Å². The highest BCUT2D eigenvalue weighted by atomic mass is 16.5. The van der Waals surface area contributed by atoms with Gasteiger partial charge in [0.2, 0.25) is 11.8 Å². The molecule has 2 aliphatic heterocycles. The Kier molecular flexibility index (Phi) is 5.08. The van der Waals surface area contributed by atoms with Crippen LogP contribution in [0.15, 0.2) is 24.3 Å². The number of carbonyl (C=O) groups is 2. The molecular formula is C21H29N3O3. The molecule has 1 aliphatic carbocycles. The van der Waals surface area contributed by atoms with Gasteiger partial charge in [0.25, 0.3) is 0 Å². The first-order chi connectivity index (χ1) is 13.1. The second kappa shape index (κ2) is 7.50. The van der Waals surface area contributed by atoms with Gasteiger partial charge in [-0.15, -0.1) is 0 Å². The zero-order chi connectivity index (χ0) is 18.9. The number of piperazine rings is 1. The van der Waals surface area contributed by atoms with Crippen molar-refractivity contribution in [3.05, 3.63) is 24.3 Å². The van der Waals surface area contributed by atoms with Gasteiger partial charge < -0.3 is 9.64 Å². The molecule has 4 rings (SSSR count). The van der Waals surface area contributed by atoms with Crippen molar-refractivity contribution in [3.63, 3.8) is 0 Å². The summed E-state index contributed by atoms with van der Waals surface area (Å²) in [6, 6.07) is 8.11. The zero-order valence-electron chi connectivity index (χ0n) is 16.2. The van der Waals surface area contributed by atoms with Crippen LogP contribution in [0.4, 0.5) is 5.69 Å². The summed E-state index contributed by atoms with van der Waals surface area (Å²) >= 11 is 0. The Bertz CT molecular complexity index is 706. The summed E-state index contributed by atoms with van der Waals surface area (Å²) in [5.41, 5.74) is 0.785. The molecule has 3 fully saturated rings. The second-order valence-electron chi connectivity index (χ2n) is 8.02. The Hall–Kier alpha value is -2.08. The minimum absolute atomic E-state index is 0.0366. The number of para-hydroxylation sites is 2. The molecule has 0 radical (unpaired) electrons. The SMILES string of the molecule is COc1ccccc1N1CCN(CCN2C(=O)CC3(CCCC3)C2=O)CC1.